The zero-order valence-corrected chi connectivity index (χ0v) is 12.2. The first-order valence-corrected chi connectivity index (χ1v) is 7.70. The molecular formula is C14H20BrN3. The van der Waals surface area contributed by atoms with Crippen LogP contribution in [0, 0.1) is 5.92 Å². The Balaban J connectivity index is 1.73. The maximum atomic E-state index is 4.16. The average molecular weight is 310 g/mol. The molecule has 1 N–H and O–H groups in total. The van der Waals surface area contributed by atoms with Crippen molar-refractivity contribution in [2.24, 2.45) is 5.92 Å². The first-order valence-electron chi connectivity index (χ1n) is 6.91. The Morgan fingerprint density at radius 1 is 1.33 bits per heavy atom. The van der Waals surface area contributed by atoms with Gasteiger partial charge in [0.1, 0.15) is 0 Å². The van der Waals surface area contributed by atoms with E-state index >= 15 is 0 Å². The summed E-state index contributed by atoms with van der Waals surface area (Å²) in [4.78, 5) is 6.70. The highest BCUT2D eigenvalue weighted by Crippen LogP contribution is 2.33. The minimum atomic E-state index is 0.656. The highest BCUT2D eigenvalue weighted by atomic mass is 79.9. The van der Waals surface area contributed by atoms with Crippen LogP contribution in [0.4, 0.5) is 5.69 Å². The van der Waals surface area contributed by atoms with E-state index in [1.54, 1.807) is 0 Å². The summed E-state index contributed by atoms with van der Waals surface area (Å²) in [5, 5.41) is 3.60. The van der Waals surface area contributed by atoms with Crippen LogP contribution in [-0.4, -0.2) is 30.7 Å². The molecule has 1 aromatic rings. The fraction of sp³-hybridized carbons (Fsp3) is 0.643. The summed E-state index contributed by atoms with van der Waals surface area (Å²) < 4.78 is 1.11. The minimum absolute atomic E-state index is 0.656. The standard InChI is InChI=1S/C14H20BrN3/c15-13-8-16-7-5-14(13)18(9-11-3-4-11)10-12-2-1-6-17-12/h5,7-8,11-12,17H,1-4,6,9-10H2. The van der Waals surface area contributed by atoms with Gasteiger partial charge in [0.2, 0.25) is 0 Å². The number of anilines is 1. The fourth-order valence-corrected chi connectivity index (χ4v) is 3.19. The topological polar surface area (TPSA) is 28.2 Å². The molecule has 2 aliphatic rings. The smallest absolute Gasteiger partial charge is 0.0592 e. The third kappa shape index (κ3) is 3.04. The zero-order chi connectivity index (χ0) is 12.4. The predicted molar refractivity (Wildman–Crippen MR) is 77.9 cm³/mol. The van der Waals surface area contributed by atoms with E-state index in [2.05, 4.69) is 37.2 Å². The maximum Gasteiger partial charge on any atom is 0.0592 e. The summed E-state index contributed by atoms with van der Waals surface area (Å²) in [7, 11) is 0. The lowest BCUT2D eigenvalue weighted by Crippen LogP contribution is -2.38. The number of hydrogen-bond acceptors (Lipinski definition) is 3. The number of rotatable bonds is 5. The van der Waals surface area contributed by atoms with Gasteiger partial charge in [0.25, 0.3) is 0 Å². The van der Waals surface area contributed by atoms with Crippen molar-refractivity contribution in [3.8, 4) is 0 Å². The molecule has 3 nitrogen and oxygen atoms in total. The Bertz CT molecular complexity index is 400. The molecule has 1 saturated heterocycles. The van der Waals surface area contributed by atoms with Gasteiger partial charge in [-0.05, 0) is 60.1 Å². The lowest BCUT2D eigenvalue weighted by atomic mass is 10.2. The Labute approximate surface area is 117 Å². The number of nitrogens with one attached hydrogen (secondary N) is 1. The van der Waals surface area contributed by atoms with Crippen LogP contribution < -0.4 is 10.2 Å². The molecule has 98 valence electrons. The third-order valence-electron chi connectivity index (χ3n) is 3.87. The second kappa shape index (κ2) is 5.57. The molecule has 1 aliphatic carbocycles. The summed E-state index contributed by atoms with van der Waals surface area (Å²) in [5.41, 5.74) is 1.30. The van der Waals surface area contributed by atoms with Gasteiger partial charge in [0, 0.05) is 31.5 Å². The predicted octanol–water partition coefficient (Wildman–Crippen LogP) is 2.81. The van der Waals surface area contributed by atoms with Crippen molar-refractivity contribution in [1.82, 2.24) is 10.3 Å². The molecule has 3 rings (SSSR count). The quantitative estimate of drug-likeness (QED) is 0.906. The van der Waals surface area contributed by atoms with Crippen molar-refractivity contribution in [2.45, 2.75) is 31.7 Å². The molecule has 0 aromatic carbocycles. The molecule has 2 fully saturated rings. The Kier molecular flexibility index (Phi) is 3.85. The van der Waals surface area contributed by atoms with E-state index in [1.165, 1.54) is 44.5 Å². The molecule has 1 unspecified atom stereocenters. The van der Waals surface area contributed by atoms with Crippen LogP contribution >= 0.6 is 15.9 Å². The van der Waals surface area contributed by atoms with Gasteiger partial charge in [-0.2, -0.15) is 0 Å². The lowest BCUT2D eigenvalue weighted by Gasteiger charge is -2.28. The Morgan fingerprint density at radius 3 is 2.89 bits per heavy atom. The lowest BCUT2D eigenvalue weighted by molar-refractivity contribution is 0.570. The highest BCUT2D eigenvalue weighted by molar-refractivity contribution is 9.10. The zero-order valence-electron chi connectivity index (χ0n) is 10.6. The van der Waals surface area contributed by atoms with Gasteiger partial charge in [0.15, 0.2) is 0 Å². The largest absolute Gasteiger partial charge is 0.369 e. The van der Waals surface area contributed by atoms with E-state index < -0.39 is 0 Å². The van der Waals surface area contributed by atoms with E-state index in [0.29, 0.717) is 6.04 Å². The number of aromatic nitrogens is 1. The van der Waals surface area contributed by atoms with E-state index in [-0.39, 0.29) is 0 Å². The fourth-order valence-electron chi connectivity index (χ4n) is 2.69. The molecule has 18 heavy (non-hydrogen) atoms. The van der Waals surface area contributed by atoms with Gasteiger partial charge < -0.3 is 10.2 Å². The van der Waals surface area contributed by atoms with Crippen LogP contribution in [-0.2, 0) is 0 Å². The first kappa shape index (κ1) is 12.4. The normalized spacial score (nSPS) is 23.3. The number of hydrogen-bond donors (Lipinski definition) is 1. The Morgan fingerprint density at radius 2 is 2.22 bits per heavy atom. The molecule has 0 amide bonds. The highest BCUT2D eigenvalue weighted by Gasteiger charge is 2.27. The molecule has 1 aromatic heterocycles. The summed E-state index contributed by atoms with van der Waals surface area (Å²) in [6, 6.07) is 2.78. The summed E-state index contributed by atoms with van der Waals surface area (Å²) in [6.07, 6.45) is 9.22. The van der Waals surface area contributed by atoms with Crippen LogP contribution in [0.5, 0.6) is 0 Å². The van der Waals surface area contributed by atoms with Gasteiger partial charge in [0.05, 0.1) is 10.2 Å². The van der Waals surface area contributed by atoms with Crippen molar-refractivity contribution in [1.29, 1.82) is 0 Å². The van der Waals surface area contributed by atoms with Crippen LogP contribution in [0.3, 0.4) is 0 Å². The summed E-state index contributed by atoms with van der Waals surface area (Å²) >= 11 is 3.63. The first-order chi connectivity index (χ1) is 8.83. The molecule has 0 radical (unpaired) electrons. The van der Waals surface area contributed by atoms with Crippen molar-refractivity contribution < 1.29 is 0 Å². The summed E-state index contributed by atoms with van der Waals surface area (Å²) in [6.45, 7) is 3.50. The number of nitrogens with zero attached hydrogens (tertiary/aromatic N) is 2. The maximum absolute atomic E-state index is 4.16. The van der Waals surface area contributed by atoms with Crippen LogP contribution in [0.15, 0.2) is 22.9 Å². The molecule has 0 spiro atoms. The monoisotopic (exact) mass is 309 g/mol. The average Bonchev–Trinajstić information content (AvgIpc) is 3.03. The van der Waals surface area contributed by atoms with Crippen LogP contribution in [0.2, 0.25) is 0 Å². The molecule has 0 bridgehead atoms. The van der Waals surface area contributed by atoms with Crippen molar-refractivity contribution in [3.05, 3.63) is 22.9 Å². The van der Waals surface area contributed by atoms with Gasteiger partial charge in [-0.3, -0.25) is 4.98 Å². The van der Waals surface area contributed by atoms with E-state index in [4.69, 9.17) is 0 Å². The van der Waals surface area contributed by atoms with E-state index in [0.717, 1.165) is 16.9 Å². The molecule has 1 aliphatic heterocycles. The van der Waals surface area contributed by atoms with Gasteiger partial charge in [-0.15, -0.1) is 0 Å². The molecular weight excluding hydrogens is 290 g/mol. The molecule has 1 saturated carbocycles. The van der Waals surface area contributed by atoms with Gasteiger partial charge in [-0.1, -0.05) is 0 Å². The van der Waals surface area contributed by atoms with Crippen LogP contribution in [0.25, 0.3) is 0 Å². The van der Waals surface area contributed by atoms with Crippen molar-refractivity contribution >= 4 is 21.6 Å². The second-order valence-corrected chi connectivity index (χ2v) is 6.32. The molecule has 4 heteroatoms. The minimum Gasteiger partial charge on any atom is -0.369 e. The van der Waals surface area contributed by atoms with Crippen molar-refractivity contribution in [2.75, 3.05) is 24.5 Å². The summed E-state index contributed by atoms with van der Waals surface area (Å²) in [5.74, 6) is 0.909. The molecule has 1 atom stereocenters. The van der Waals surface area contributed by atoms with Crippen LogP contribution in [0.1, 0.15) is 25.7 Å². The number of halogens is 1. The van der Waals surface area contributed by atoms with Gasteiger partial charge >= 0.3 is 0 Å². The Hall–Kier alpha value is -0.610. The van der Waals surface area contributed by atoms with Crippen molar-refractivity contribution in [3.63, 3.8) is 0 Å². The van der Waals surface area contributed by atoms with E-state index in [9.17, 15) is 0 Å². The number of pyridine rings is 1. The SMILES string of the molecule is Brc1cnccc1N(CC1CC1)CC1CCCN1. The van der Waals surface area contributed by atoms with Gasteiger partial charge in [-0.25, -0.2) is 0 Å². The second-order valence-electron chi connectivity index (χ2n) is 5.47. The molecule has 2 heterocycles. The third-order valence-corrected chi connectivity index (χ3v) is 4.48. The van der Waals surface area contributed by atoms with E-state index in [1.807, 2.05) is 12.4 Å².